The second kappa shape index (κ2) is 7.46. The first kappa shape index (κ1) is 14.3. The van der Waals surface area contributed by atoms with E-state index in [-0.39, 0.29) is 5.75 Å². The summed E-state index contributed by atoms with van der Waals surface area (Å²) in [6.45, 7) is 1.84. The van der Waals surface area contributed by atoms with Crippen molar-refractivity contribution in [1.82, 2.24) is 5.32 Å². The van der Waals surface area contributed by atoms with Crippen molar-refractivity contribution in [2.24, 2.45) is 0 Å². The number of ether oxygens (including phenoxy) is 1. The molecule has 3 nitrogen and oxygen atoms in total. The zero-order valence-electron chi connectivity index (χ0n) is 11.2. The fourth-order valence-corrected chi connectivity index (χ4v) is 2.46. The van der Waals surface area contributed by atoms with Gasteiger partial charge in [-0.25, -0.2) is 4.39 Å². The molecule has 2 rings (SSSR count). The molecule has 0 aliphatic heterocycles. The molecule has 19 heavy (non-hydrogen) atoms. The Morgan fingerprint density at radius 3 is 2.84 bits per heavy atom. The van der Waals surface area contributed by atoms with Gasteiger partial charge in [-0.05, 0) is 18.9 Å². The maximum Gasteiger partial charge on any atom is 0.165 e. The van der Waals surface area contributed by atoms with Gasteiger partial charge in [0, 0.05) is 18.7 Å². The van der Waals surface area contributed by atoms with E-state index in [4.69, 9.17) is 4.74 Å². The van der Waals surface area contributed by atoms with Gasteiger partial charge in [-0.15, -0.1) is 0 Å². The van der Waals surface area contributed by atoms with Crippen molar-refractivity contribution < 1.29 is 14.2 Å². The molecule has 0 bridgehead atoms. The van der Waals surface area contributed by atoms with Gasteiger partial charge >= 0.3 is 0 Å². The lowest BCUT2D eigenvalue weighted by atomic mass is 9.98. The maximum atomic E-state index is 13.1. The van der Waals surface area contributed by atoms with Gasteiger partial charge in [-0.1, -0.05) is 31.4 Å². The van der Waals surface area contributed by atoms with Gasteiger partial charge in [0.1, 0.15) is 0 Å². The van der Waals surface area contributed by atoms with Crippen LogP contribution in [-0.4, -0.2) is 24.4 Å². The minimum Gasteiger partial charge on any atom is -0.505 e. The number of aromatic hydroxyl groups is 1. The molecule has 0 aromatic heterocycles. The quantitative estimate of drug-likeness (QED) is 0.779. The fraction of sp³-hybridized carbons (Fsp3) is 0.600. The summed E-state index contributed by atoms with van der Waals surface area (Å²) in [5.41, 5.74) is 0.581. The largest absolute Gasteiger partial charge is 0.505 e. The van der Waals surface area contributed by atoms with E-state index in [1.807, 2.05) is 0 Å². The number of halogens is 1. The summed E-state index contributed by atoms with van der Waals surface area (Å²) in [6.07, 6.45) is 6.63. The molecule has 1 aliphatic carbocycles. The van der Waals surface area contributed by atoms with Crippen LogP contribution in [0.2, 0.25) is 0 Å². The second-order valence-electron chi connectivity index (χ2n) is 5.06. The normalized spacial score (nSPS) is 16.7. The lowest BCUT2D eigenvalue weighted by Crippen LogP contribution is -2.24. The Kier molecular flexibility index (Phi) is 5.61. The molecule has 0 atom stereocenters. The third-order valence-corrected chi connectivity index (χ3v) is 3.57. The topological polar surface area (TPSA) is 41.5 Å². The lowest BCUT2D eigenvalue weighted by Gasteiger charge is -2.22. The van der Waals surface area contributed by atoms with E-state index in [0.29, 0.717) is 31.4 Å². The van der Waals surface area contributed by atoms with Crippen LogP contribution >= 0.6 is 0 Å². The number of hydrogen-bond acceptors (Lipinski definition) is 3. The van der Waals surface area contributed by atoms with Crippen LogP contribution in [0.4, 0.5) is 4.39 Å². The van der Waals surface area contributed by atoms with Gasteiger partial charge in [0.15, 0.2) is 11.6 Å². The minimum atomic E-state index is -0.572. The van der Waals surface area contributed by atoms with Crippen molar-refractivity contribution in [3.05, 3.63) is 29.6 Å². The molecule has 106 valence electrons. The third-order valence-electron chi connectivity index (χ3n) is 3.57. The van der Waals surface area contributed by atoms with Crippen LogP contribution in [0.1, 0.15) is 37.7 Å². The molecule has 1 saturated carbocycles. The minimum absolute atomic E-state index is 0.261. The second-order valence-corrected chi connectivity index (χ2v) is 5.06. The van der Waals surface area contributed by atoms with Crippen LogP contribution in [0.25, 0.3) is 0 Å². The molecule has 0 unspecified atom stereocenters. The Balaban J connectivity index is 1.62. The Hall–Kier alpha value is -1.13. The number of hydrogen-bond donors (Lipinski definition) is 2. The van der Waals surface area contributed by atoms with Crippen LogP contribution in [0.15, 0.2) is 18.2 Å². The molecule has 0 radical (unpaired) electrons. The molecule has 0 spiro atoms. The number of nitrogens with one attached hydrogen (secondary N) is 1. The molecule has 1 fully saturated rings. The van der Waals surface area contributed by atoms with Gasteiger partial charge in [-0.2, -0.15) is 0 Å². The summed E-state index contributed by atoms with van der Waals surface area (Å²) >= 11 is 0. The predicted molar refractivity (Wildman–Crippen MR) is 72.6 cm³/mol. The van der Waals surface area contributed by atoms with Gasteiger partial charge in [0.2, 0.25) is 0 Å². The van der Waals surface area contributed by atoms with E-state index in [1.165, 1.54) is 38.2 Å². The Bertz CT molecular complexity index is 392. The van der Waals surface area contributed by atoms with Gasteiger partial charge in [0.05, 0.1) is 12.7 Å². The zero-order valence-corrected chi connectivity index (χ0v) is 11.2. The van der Waals surface area contributed by atoms with Crippen LogP contribution in [0.3, 0.4) is 0 Å². The highest BCUT2D eigenvalue weighted by Gasteiger charge is 2.13. The highest BCUT2D eigenvalue weighted by Crippen LogP contribution is 2.21. The van der Waals surface area contributed by atoms with E-state index < -0.39 is 5.82 Å². The molecular formula is C15H22FNO2. The van der Waals surface area contributed by atoms with E-state index in [1.54, 1.807) is 12.1 Å². The van der Waals surface area contributed by atoms with Crippen molar-refractivity contribution in [1.29, 1.82) is 0 Å². The first-order chi connectivity index (χ1) is 9.27. The number of rotatable bonds is 6. The monoisotopic (exact) mass is 267 g/mol. The SMILES string of the molecule is Oc1c(F)cccc1CNCCOC1CCCCC1. The van der Waals surface area contributed by atoms with Crippen molar-refractivity contribution in [2.75, 3.05) is 13.2 Å². The highest BCUT2D eigenvalue weighted by atomic mass is 19.1. The van der Waals surface area contributed by atoms with Crippen molar-refractivity contribution >= 4 is 0 Å². The number of phenolic OH excluding ortho intramolecular Hbond substituents is 1. The van der Waals surface area contributed by atoms with Crippen LogP contribution in [0, 0.1) is 5.82 Å². The first-order valence-electron chi connectivity index (χ1n) is 7.06. The summed E-state index contributed by atoms with van der Waals surface area (Å²) in [4.78, 5) is 0. The number of benzene rings is 1. The molecule has 1 aromatic carbocycles. The summed E-state index contributed by atoms with van der Waals surface area (Å²) in [5.74, 6) is -0.832. The Morgan fingerprint density at radius 2 is 2.05 bits per heavy atom. The average molecular weight is 267 g/mol. The van der Waals surface area contributed by atoms with E-state index >= 15 is 0 Å². The molecule has 1 aliphatic rings. The fourth-order valence-electron chi connectivity index (χ4n) is 2.46. The molecular weight excluding hydrogens is 245 g/mol. The zero-order chi connectivity index (χ0) is 13.5. The number of phenols is 1. The van der Waals surface area contributed by atoms with E-state index in [2.05, 4.69) is 5.32 Å². The van der Waals surface area contributed by atoms with E-state index in [9.17, 15) is 9.50 Å². The average Bonchev–Trinajstić information content (AvgIpc) is 2.44. The van der Waals surface area contributed by atoms with Crippen molar-refractivity contribution in [3.63, 3.8) is 0 Å². The van der Waals surface area contributed by atoms with Gasteiger partial charge in [0.25, 0.3) is 0 Å². The first-order valence-corrected chi connectivity index (χ1v) is 7.06. The molecule has 1 aromatic rings. The molecule has 0 heterocycles. The van der Waals surface area contributed by atoms with E-state index in [0.717, 1.165) is 0 Å². The Labute approximate surface area is 113 Å². The molecule has 4 heteroatoms. The smallest absolute Gasteiger partial charge is 0.165 e. The molecule has 0 amide bonds. The summed E-state index contributed by atoms with van der Waals surface area (Å²) in [5, 5.41) is 12.7. The van der Waals surface area contributed by atoms with Gasteiger partial charge in [-0.3, -0.25) is 0 Å². The van der Waals surface area contributed by atoms with Crippen LogP contribution < -0.4 is 5.32 Å². The Morgan fingerprint density at radius 1 is 1.26 bits per heavy atom. The maximum absolute atomic E-state index is 13.1. The summed E-state index contributed by atoms with van der Waals surface area (Å²) in [7, 11) is 0. The van der Waals surface area contributed by atoms with Crippen molar-refractivity contribution in [2.45, 2.75) is 44.8 Å². The predicted octanol–water partition coefficient (Wildman–Crippen LogP) is 2.97. The lowest BCUT2D eigenvalue weighted by molar-refractivity contribution is 0.0302. The molecule has 0 saturated heterocycles. The molecule has 2 N–H and O–H groups in total. The van der Waals surface area contributed by atoms with Crippen LogP contribution in [0.5, 0.6) is 5.75 Å². The third kappa shape index (κ3) is 4.48. The highest BCUT2D eigenvalue weighted by molar-refractivity contribution is 5.33. The summed E-state index contributed by atoms with van der Waals surface area (Å²) < 4.78 is 18.9. The standard InChI is InChI=1S/C15H22FNO2/c16-14-8-4-5-12(15(14)18)11-17-9-10-19-13-6-2-1-3-7-13/h4-5,8,13,17-18H,1-3,6-7,9-11H2. The van der Waals surface area contributed by atoms with Gasteiger partial charge < -0.3 is 15.2 Å². The summed E-state index contributed by atoms with van der Waals surface area (Å²) in [6, 6.07) is 4.57. The van der Waals surface area contributed by atoms with Crippen LogP contribution in [-0.2, 0) is 11.3 Å². The van der Waals surface area contributed by atoms with Crippen molar-refractivity contribution in [3.8, 4) is 5.75 Å². The number of para-hydroxylation sites is 1.